The van der Waals surface area contributed by atoms with Crippen LogP contribution in [0.4, 0.5) is 5.82 Å². The molecule has 12 nitrogen and oxygen atoms in total. The van der Waals surface area contributed by atoms with Crippen LogP contribution in [-0.4, -0.2) is 77.6 Å². The molecule has 188 valence electrons. The van der Waals surface area contributed by atoms with Crippen molar-refractivity contribution in [3.8, 4) is 23.1 Å². The molecule has 1 aliphatic rings. The van der Waals surface area contributed by atoms with E-state index in [2.05, 4.69) is 20.5 Å². The number of amides is 1. The molecule has 0 aromatic carbocycles. The highest BCUT2D eigenvalue weighted by atomic mass is 16.4. The van der Waals surface area contributed by atoms with Crippen molar-refractivity contribution in [1.82, 2.24) is 39.8 Å². The van der Waals surface area contributed by atoms with Crippen molar-refractivity contribution in [2.45, 2.75) is 64.8 Å². The summed E-state index contributed by atoms with van der Waals surface area (Å²) in [4.78, 5) is 28.0. The monoisotopic (exact) mass is 483 g/mol. The van der Waals surface area contributed by atoms with Crippen molar-refractivity contribution in [3.05, 3.63) is 17.9 Å². The lowest BCUT2D eigenvalue weighted by Crippen LogP contribution is -2.38. The van der Waals surface area contributed by atoms with Gasteiger partial charge in [0.15, 0.2) is 23.2 Å². The first-order valence-electron chi connectivity index (χ1n) is 12.0. The second kappa shape index (κ2) is 10.1. The van der Waals surface area contributed by atoms with Crippen molar-refractivity contribution in [1.29, 1.82) is 0 Å². The number of likely N-dealkylation sites (tertiary alicyclic amines) is 1. The Morgan fingerprint density at radius 2 is 1.97 bits per heavy atom. The van der Waals surface area contributed by atoms with Crippen LogP contribution >= 0.6 is 0 Å². The molecule has 4 rings (SSSR count). The van der Waals surface area contributed by atoms with Gasteiger partial charge < -0.3 is 19.7 Å². The first-order chi connectivity index (χ1) is 16.7. The number of aliphatic hydroxyl groups excluding tert-OH is 1. The zero-order chi connectivity index (χ0) is 25.2. The first-order valence-corrected chi connectivity index (χ1v) is 12.0. The van der Waals surface area contributed by atoms with Gasteiger partial charge in [0.1, 0.15) is 5.69 Å². The standard InChI is InChI=1S/C23H33N9O3/c1-6-32-20(27-18(30-32)14-7-10-31(11-8-14)16(34)9-12-33)15-13-25-19(24-5)17(26-15)21-28-29-22(35-21)23(2,3)4/h13-14,33H,6-12H2,1-5H3,(H,24,25). The van der Waals surface area contributed by atoms with Crippen LogP contribution < -0.4 is 5.32 Å². The maximum absolute atomic E-state index is 12.1. The van der Waals surface area contributed by atoms with E-state index >= 15 is 0 Å². The number of carbonyl (C=O) groups is 1. The average molecular weight is 484 g/mol. The number of aromatic nitrogens is 7. The lowest BCUT2D eigenvalue weighted by atomic mass is 9.96. The van der Waals surface area contributed by atoms with Crippen LogP contribution in [0, 0.1) is 0 Å². The average Bonchev–Trinajstić information content (AvgIpc) is 3.52. The van der Waals surface area contributed by atoms with Crippen LogP contribution in [0.25, 0.3) is 23.1 Å². The third-order valence-electron chi connectivity index (χ3n) is 6.03. The van der Waals surface area contributed by atoms with E-state index < -0.39 is 0 Å². The number of nitrogens with zero attached hydrogens (tertiary/aromatic N) is 8. The minimum absolute atomic E-state index is 0.0123. The highest BCUT2D eigenvalue weighted by molar-refractivity contribution is 5.76. The highest BCUT2D eigenvalue weighted by Crippen LogP contribution is 2.31. The molecule has 0 radical (unpaired) electrons. The van der Waals surface area contributed by atoms with Gasteiger partial charge in [0.2, 0.25) is 11.8 Å². The van der Waals surface area contributed by atoms with Crippen LogP contribution in [0.15, 0.2) is 10.6 Å². The maximum Gasteiger partial charge on any atom is 0.270 e. The zero-order valence-corrected chi connectivity index (χ0v) is 20.9. The Balaban J connectivity index is 1.62. The number of aryl methyl sites for hydroxylation is 1. The number of carbonyl (C=O) groups excluding carboxylic acids is 1. The Hall–Kier alpha value is -3.41. The van der Waals surface area contributed by atoms with Gasteiger partial charge in [-0.3, -0.25) is 4.79 Å². The van der Waals surface area contributed by atoms with Gasteiger partial charge in [-0.05, 0) is 19.8 Å². The summed E-state index contributed by atoms with van der Waals surface area (Å²) in [6, 6.07) is 0. The second-order valence-corrected chi connectivity index (χ2v) is 9.60. The zero-order valence-electron chi connectivity index (χ0n) is 20.9. The van der Waals surface area contributed by atoms with E-state index in [1.54, 1.807) is 18.1 Å². The van der Waals surface area contributed by atoms with E-state index in [1.807, 2.05) is 32.4 Å². The summed E-state index contributed by atoms with van der Waals surface area (Å²) < 4.78 is 7.74. The van der Waals surface area contributed by atoms with E-state index in [-0.39, 0.29) is 36.2 Å². The quantitative estimate of drug-likeness (QED) is 0.512. The lowest BCUT2D eigenvalue weighted by Gasteiger charge is -2.30. The molecular formula is C23H33N9O3. The molecule has 1 aliphatic heterocycles. The van der Waals surface area contributed by atoms with Crippen molar-refractivity contribution >= 4 is 11.7 Å². The topological polar surface area (TPSA) is 148 Å². The molecule has 1 amide bonds. The predicted octanol–water partition coefficient (Wildman–Crippen LogP) is 2.23. The molecule has 0 atom stereocenters. The fraction of sp³-hybridized carbons (Fsp3) is 0.609. The summed E-state index contributed by atoms with van der Waals surface area (Å²) in [7, 11) is 1.76. The van der Waals surface area contributed by atoms with Gasteiger partial charge >= 0.3 is 0 Å². The minimum atomic E-state index is -0.286. The number of nitrogens with one attached hydrogen (secondary N) is 1. The number of hydrogen-bond donors (Lipinski definition) is 2. The van der Waals surface area contributed by atoms with Crippen LogP contribution in [0.1, 0.15) is 64.6 Å². The number of rotatable bonds is 7. The molecule has 0 unspecified atom stereocenters. The molecule has 2 N–H and O–H groups in total. The normalized spacial score (nSPS) is 15.0. The molecule has 0 aliphatic carbocycles. The third kappa shape index (κ3) is 5.16. The number of hydrogen-bond acceptors (Lipinski definition) is 10. The van der Waals surface area contributed by atoms with Gasteiger partial charge in [0.05, 0.1) is 12.8 Å². The number of piperidine rings is 1. The maximum atomic E-state index is 12.1. The largest absolute Gasteiger partial charge is 0.419 e. The summed E-state index contributed by atoms with van der Waals surface area (Å²) >= 11 is 0. The van der Waals surface area contributed by atoms with Gasteiger partial charge in [-0.2, -0.15) is 5.10 Å². The first kappa shape index (κ1) is 24.7. The third-order valence-corrected chi connectivity index (χ3v) is 6.03. The van der Waals surface area contributed by atoms with E-state index in [9.17, 15) is 4.79 Å². The molecule has 4 heterocycles. The molecule has 35 heavy (non-hydrogen) atoms. The van der Waals surface area contributed by atoms with Crippen molar-refractivity contribution < 1.29 is 14.3 Å². The molecule has 0 bridgehead atoms. The van der Waals surface area contributed by atoms with Crippen molar-refractivity contribution in [2.24, 2.45) is 0 Å². The van der Waals surface area contributed by atoms with E-state index in [4.69, 9.17) is 24.6 Å². The summed E-state index contributed by atoms with van der Waals surface area (Å²) in [5.74, 6) is 2.83. The summed E-state index contributed by atoms with van der Waals surface area (Å²) in [6.45, 7) is 9.77. The van der Waals surface area contributed by atoms with Gasteiger partial charge in [-0.1, -0.05) is 20.8 Å². The molecular weight excluding hydrogens is 450 g/mol. The molecule has 1 fully saturated rings. The van der Waals surface area contributed by atoms with Crippen LogP contribution in [0.2, 0.25) is 0 Å². The Kier molecular flexibility index (Phi) is 7.10. The van der Waals surface area contributed by atoms with Crippen LogP contribution in [-0.2, 0) is 16.8 Å². The van der Waals surface area contributed by atoms with Crippen molar-refractivity contribution in [2.75, 3.05) is 32.1 Å². The smallest absolute Gasteiger partial charge is 0.270 e. The van der Waals surface area contributed by atoms with E-state index in [0.29, 0.717) is 48.6 Å². The van der Waals surface area contributed by atoms with Gasteiger partial charge in [-0.15, -0.1) is 10.2 Å². The molecule has 0 spiro atoms. The van der Waals surface area contributed by atoms with Crippen molar-refractivity contribution in [3.63, 3.8) is 0 Å². The number of aliphatic hydroxyl groups is 1. The lowest BCUT2D eigenvalue weighted by molar-refractivity contribution is -0.132. The molecule has 3 aromatic rings. The number of anilines is 1. The molecule has 1 saturated heterocycles. The Bertz CT molecular complexity index is 1170. The van der Waals surface area contributed by atoms with Crippen LogP contribution in [0.3, 0.4) is 0 Å². The fourth-order valence-corrected chi connectivity index (χ4v) is 4.03. The Morgan fingerprint density at radius 1 is 1.23 bits per heavy atom. The minimum Gasteiger partial charge on any atom is -0.419 e. The summed E-state index contributed by atoms with van der Waals surface area (Å²) in [5.41, 5.74) is 0.729. The van der Waals surface area contributed by atoms with Gasteiger partial charge in [0.25, 0.3) is 5.89 Å². The van der Waals surface area contributed by atoms with E-state index in [0.717, 1.165) is 18.7 Å². The van der Waals surface area contributed by atoms with Crippen LogP contribution in [0.5, 0.6) is 0 Å². The van der Waals surface area contributed by atoms with Gasteiger partial charge in [-0.25, -0.2) is 19.6 Å². The Morgan fingerprint density at radius 3 is 2.57 bits per heavy atom. The van der Waals surface area contributed by atoms with Gasteiger partial charge in [0, 0.05) is 44.4 Å². The SMILES string of the molecule is CCn1nc(C2CCN(C(=O)CCO)CC2)nc1-c1cnc(NC)c(-c2nnc(C(C)(C)C)o2)n1. The predicted molar refractivity (Wildman–Crippen MR) is 129 cm³/mol. The Labute approximate surface area is 204 Å². The summed E-state index contributed by atoms with van der Waals surface area (Å²) in [6.07, 6.45) is 3.37. The fourth-order valence-electron chi connectivity index (χ4n) is 4.03. The van der Waals surface area contributed by atoms with E-state index in [1.165, 1.54) is 0 Å². The summed E-state index contributed by atoms with van der Waals surface area (Å²) in [5, 5.41) is 25.2. The molecule has 3 aromatic heterocycles. The highest BCUT2D eigenvalue weighted by Gasteiger charge is 2.28. The molecule has 0 saturated carbocycles. The molecule has 12 heteroatoms. The second-order valence-electron chi connectivity index (χ2n) is 9.60.